The number of aliphatic hydroxyl groups is 9. The smallest absolute Gasteiger partial charge is 0.220 e. The minimum atomic E-state index is -1.24. The van der Waals surface area contributed by atoms with E-state index >= 15 is 0 Å². The van der Waals surface area contributed by atoms with Crippen LogP contribution in [0, 0.1) is 17.8 Å². The summed E-state index contributed by atoms with van der Waals surface area (Å²) in [6.45, 7) is 8.75. The lowest BCUT2D eigenvalue weighted by molar-refractivity contribution is -0.282. The maximum atomic E-state index is 13.2. The monoisotopic (exact) mass is 941 g/mol. The van der Waals surface area contributed by atoms with E-state index in [9.17, 15) is 60.3 Å². The quantitative estimate of drug-likeness (QED) is 0.0330. The SMILES string of the molecule is CC(C)NC(CCC(=O)NCCCOC1OC(CO)C(O)C(O)C1C)(CCC(=O)NCCCOC1OC(CO)C(O)C(O)C1C)CCC(=O)NCCCOC1OC(CO)C(O)C(O)C1C. The molecule has 0 aliphatic carbocycles. The van der Waals surface area contributed by atoms with Gasteiger partial charge in [0.2, 0.25) is 17.7 Å². The summed E-state index contributed by atoms with van der Waals surface area (Å²) in [6.07, 6.45) is -10.2. The minimum Gasteiger partial charge on any atom is -0.394 e. The van der Waals surface area contributed by atoms with E-state index in [0.29, 0.717) is 38.5 Å². The number of amides is 3. The van der Waals surface area contributed by atoms with Crippen molar-refractivity contribution in [2.45, 2.75) is 178 Å². The Kier molecular flexibility index (Phi) is 25.4. The molecule has 0 aromatic heterocycles. The molecular formula is C43H80N4O18. The summed E-state index contributed by atoms with van der Waals surface area (Å²) in [5, 5.41) is 102. The predicted octanol–water partition coefficient (Wildman–Crippen LogP) is -3.14. The van der Waals surface area contributed by atoms with Crippen LogP contribution in [0.1, 0.15) is 92.4 Å². The first kappa shape index (κ1) is 57.1. The first-order valence-corrected chi connectivity index (χ1v) is 23.2. The molecule has 0 spiro atoms. The fourth-order valence-electron chi connectivity index (χ4n) is 8.26. The molecule has 22 nitrogen and oxygen atoms in total. The molecular weight excluding hydrogens is 860 g/mol. The summed E-state index contributed by atoms with van der Waals surface area (Å²) in [5.41, 5.74) is -0.801. The van der Waals surface area contributed by atoms with Gasteiger partial charge in [-0.1, -0.05) is 34.6 Å². The lowest BCUT2D eigenvalue weighted by Crippen LogP contribution is -2.55. The number of hydrogen-bond donors (Lipinski definition) is 13. The molecule has 0 aromatic rings. The van der Waals surface area contributed by atoms with Crippen molar-refractivity contribution in [1.82, 2.24) is 21.3 Å². The Morgan fingerprint density at radius 3 is 1.03 bits per heavy atom. The summed E-state index contributed by atoms with van der Waals surface area (Å²) in [6, 6.07) is -0.0750. The zero-order valence-electron chi connectivity index (χ0n) is 38.7. The number of carbonyl (C=O) groups is 3. The Labute approximate surface area is 382 Å². The van der Waals surface area contributed by atoms with Crippen LogP contribution in [0.2, 0.25) is 0 Å². The van der Waals surface area contributed by atoms with Crippen LogP contribution in [0.15, 0.2) is 0 Å². The maximum Gasteiger partial charge on any atom is 0.220 e. The highest BCUT2D eigenvalue weighted by molar-refractivity contribution is 5.77. The van der Waals surface area contributed by atoms with Gasteiger partial charge in [-0.3, -0.25) is 14.4 Å². The van der Waals surface area contributed by atoms with Gasteiger partial charge < -0.3 is 95.6 Å². The van der Waals surface area contributed by atoms with Gasteiger partial charge in [0.1, 0.15) is 36.6 Å². The number of ether oxygens (including phenoxy) is 6. The van der Waals surface area contributed by atoms with Crippen LogP contribution in [0.5, 0.6) is 0 Å². The van der Waals surface area contributed by atoms with E-state index < -0.39 is 117 Å². The molecule has 3 heterocycles. The van der Waals surface area contributed by atoms with Gasteiger partial charge in [-0.2, -0.15) is 0 Å². The van der Waals surface area contributed by atoms with E-state index in [1.54, 1.807) is 20.8 Å². The van der Waals surface area contributed by atoms with E-state index in [1.807, 2.05) is 13.8 Å². The van der Waals surface area contributed by atoms with Crippen LogP contribution in [-0.2, 0) is 42.8 Å². The molecule has 0 radical (unpaired) electrons. The van der Waals surface area contributed by atoms with E-state index in [0.717, 1.165) is 0 Å². The minimum absolute atomic E-state index is 0.0750. The molecule has 380 valence electrons. The molecule has 3 fully saturated rings. The van der Waals surface area contributed by atoms with Crippen LogP contribution in [0.4, 0.5) is 0 Å². The van der Waals surface area contributed by atoms with Crippen molar-refractivity contribution in [2.24, 2.45) is 17.8 Å². The normalized spacial score (nSPS) is 33.9. The Balaban J connectivity index is 1.52. The third-order valence-electron chi connectivity index (χ3n) is 12.4. The molecule has 3 rings (SSSR count). The van der Waals surface area contributed by atoms with Gasteiger partial charge in [0, 0.05) is 68.2 Å². The van der Waals surface area contributed by atoms with Crippen molar-refractivity contribution in [3.8, 4) is 0 Å². The molecule has 3 amide bonds. The lowest BCUT2D eigenvalue weighted by Gasteiger charge is -2.40. The number of nitrogens with one attached hydrogen (secondary N) is 4. The topological polar surface area (TPSA) is 337 Å². The zero-order valence-corrected chi connectivity index (χ0v) is 38.7. The summed E-state index contributed by atoms with van der Waals surface area (Å²) < 4.78 is 34.0. The van der Waals surface area contributed by atoms with E-state index in [1.165, 1.54) is 0 Å². The Hall–Kier alpha value is -2.23. The highest BCUT2D eigenvalue weighted by Crippen LogP contribution is 2.30. The Morgan fingerprint density at radius 2 is 0.785 bits per heavy atom. The van der Waals surface area contributed by atoms with E-state index in [2.05, 4.69) is 21.3 Å². The molecule has 22 heteroatoms. The molecule has 3 saturated heterocycles. The highest BCUT2D eigenvalue weighted by atomic mass is 16.7. The number of aliphatic hydroxyl groups excluding tert-OH is 9. The molecule has 15 unspecified atom stereocenters. The molecule has 0 aromatic carbocycles. The number of carbonyl (C=O) groups excluding carboxylic acids is 3. The third-order valence-corrected chi connectivity index (χ3v) is 12.4. The maximum absolute atomic E-state index is 13.2. The number of rotatable bonds is 29. The van der Waals surface area contributed by atoms with Crippen molar-refractivity contribution < 1.29 is 88.8 Å². The van der Waals surface area contributed by atoms with Crippen LogP contribution >= 0.6 is 0 Å². The van der Waals surface area contributed by atoms with Gasteiger partial charge >= 0.3 is 0 Å². The van der Waals surface area contributed by atoms with Gasteiger partial charge in [0.15, 0.2) is 18.9 Å². The summed E-state index contributed by atoms with van der Waals surface area (Å²) in [4.78, 5) is 39.5. The third kappa shape index (κ3) is 18.0. The summed E-state index contributed by atoms with van der Waals surface area (Å²) >= 11 is 0. The molecule has 0 bridgehead atoms. The highest BCUT2D eigenvalue weighted by Gasteiger charge is 2.44. The second-order valence-electron chi connectivity index (χ2n) is 18.0. The van der Waals surface area contributed by atoms with Crippen molar-refractivity contribution in [3.63, 3.8) is 0 Å². The second kappa shape index (κ2) is 28.9. The van der Waals surface area contributed by atoms with Gasteiger partial charge in [-0.05, 0) is 38.5 Å². The van der Waals surface area contributed by atoms with Gasteiger partial charge in [-0.15, -0.1) is 0 Å². The first-order chi connectivity index (χ1) is 30.9. The van der Waals surface area contributed by atoms with Crippen molar-refractivity contribution in [2.75, 3.05) is 59.3 Å². The molecule has 3 aliphatic rings. The molecule has 13 N–H and O–H groups in total. The first-order valence-electron chi connectivity index (χ1n) is 23.2. The standard InChI is InChI=1S/C43H80N4O18/c1-24(2)47-43(12-9-31(51)44-15-6-18-60-40-25(3)34(54)37(57)28(21-48)63-40,13-10-32(52)45-16-7-19-61-41-26(4)35(55)38(58)29(22-49)64-41)14-11-33(53)46-17-8-20-62-42-27(5)36(56)39(59)30(23-50)65-42/h24-30,34-42,47-50,54-59H,6-23H2,1-5H3,(H,44,51)(H,45,52)(H,46,53). The van der Waals surface area contributed by atoms with Gasteiger partial charge in [0.25, 0.3) is 0 Å². The second-order valence-corrected chi connectivity index (χ2v) is 18.0. The van der Waals surface area contributed by atoms with Gasteiger partial charge in [0.05, 0.1) is 58.0 Å². The van der Waals surface area contributed by atoms with Crippen LogP contribution < -0.4 is 21.3 Å². The van der Waals surface area contributed by atoms with E-state index in [4.69, 9.17) is 28.4 Å². The molecule has 0 saturated carbocycles. The van der Waals surface area contributed by atoms with E-state index in [-0.39, 0.29) is 82.5 Å². The Morgan fingerprint density at radius 1 is 0.508 bits per heavy atom. The van der Waals surface area contributed by atoms with Crippen molar-refractivity contribution >= 4 is 17.7 Å². The predicted molar refractivity (Wildman–Crippen MR) is 230 cm³/mol. The largest absolute Gasteiger partial charge is 0.394 e. The average molecular weight is 941 g/mol. The van der Waals surface area contributed by atoms with Crippen molar-refractivity contribution in [1.29, 1.82) is 0 Å². The zero-order chi connectivity index (χ0) is 48.3. The lowest BCUT2D eigenvalue weighted by atomic mass is 9.82. The van der Waals surface area contributed by atoms with Crippen LogP contribution in [0.3, 0.4) is 0 Å². The number of hydrogen-bond acceptors (Lipinski definition) is 19. The summed E-state index contributed by atoms with van der Waals surface area (Å²) in [7, 11) is 0. The van der Waals surface area contributed by atoms with Crippen LogP contribution in [0.25, 0.3) is 0 Å². The molecule has 15 atom stereocenters. The molecule has 65 heavy (non-hydrogen) atoms. The Bertz CT molecular complexity index is 1230. The summed E-state index contributed by atoms with van der Waals surface area (Å²) in [5.74, 6) is -2.39. The average Bonchev–Trinajstić information content (AvgIpc) is 3.28. The van der Waals surface area contributed by atoms with Crippen LogP contribution in [-0.4, -0.2) is 208 Å². The van der Waals surface area contributed by atoms with Crippen molar-refractivity contribution in [3.05, 3.63) is 0 Å². The fourth-order valence-corrected chi connectivity index (χ4v) is 8.26. The molecule has 3 aliphatic heterocycles. The fraction of sp³-hybridized carbons (Fsp3) is 0.930. The van der Waals surface area contributed by atoms with Gasteiger partial charge in [-0.25, -0.2) is 0 Å².